The van der Waals surface area contributed by atoms with Gasteiger partial charge in [-0.2, -0.15) is 0 Å². The molecule has 0 fully saturated rings. The minimum Gasteiger partial charge on any atom is -0.508 e. The Balaban J connectivity index is 1.87. The normalized spacial score (nSPS) is 13.1. The van der Waals surface area contributed by atoms with E-state index in [0.717, 1.165) is 11.1 Å². The van der Waals surface area contributed by atoms with E-state index in [9.17, 15) is 25.2 Å². The average Bonchev–Trinajstić information content (AvgIpc) is 2.61. The maximum Gasteiger partial charge on any atom is 0.302 e. The molecule has 0 saturated carbocycles. The van der Waals surface area contributed by atoms with Crippen molar-refractivity contribution in [1.82, 2.24) is 0 Å². The maximum absolute atomic E-state index is 11.4. The number of aliphatic hydroxyl groups excluding tert-OH is 1. The number of phenolic OH excluding ortho intramolecular Hbond substituents is 3. The molecule has 0 aromatic heterocycles. The SMILES string of the molecule is CC(=O)O[C@H](CCc1ccc(O)c(O)c1)C[C@H](O)CCc1ccc(O)cc1. The fourth-order valence-electron chi connectivity index (χ4n) is 2.93. The number of hydrogen-bond acceptors (Lipinski definition) is 6. The minimum atomic E-state index is -0.628. The highest BCUT2D eigenvalue weighted by Crippen LogP contribution is 2.26. The van der Waals surface area contributed by atoms with Gasteiger partial charge in [0, 0.05) is 13.3 Å². The Labute approximate surface area is 158 Å². The van der Waals surface area contributed by atoms with Gasteiger partial charge in [-0.1, -0.05) is 18.2 Å². The number of aliphatic hydroxyl groups is 1. The van der Waals surface area contributed by atoms with Gasteiger partial charge in [0.2, 0.25) is 0 Å². The summed E-state index contributed by atoms with van der Waals surface area (Å²) in [7, 11) is 0. The van der Waals surface area contributed by atoms with Crippen molar-refractivity contribution in [3.63, 3.8) is 0 Å². The monoisotopic (exact) mass is 374 g/mol. The largest absolute Gasteiger partial charge is 0.508 e. The van der Waals surface area contributed by atoms with Gasteiger partial charge >= 0.3 is 5.97 Å². The standard InChI is InChI=1S/C21H26O6/c1-14(22)27-19(10-5-16-6-11-20(25)21(26)12-16)13-18(24)9-4-15-2-7-17(23)8-3-15/h2-3,6-8,11-12,18-19,23-26H,4-5,9-10,13H2,1H3/t18-,19-/m1/s1. The van der Waals surface area contributed by atoms with Crippen molar-refractivity contribution < 1.29 is 30.0 Å². The van der Waals surface area contributed by atoms with Crippen LogP contribution in [0.4, 0.5) is 0 Å². The van der Waals surface area contributed by atoms with Crippen LogP contribution >= 0.6 is 0 Å². The third kappa shape index (κ3) is 7.19. The Hall–Kier alpha value is -2.73. The number of esters is 1. The fourth-order valence-corrected chi connectivity index (χ4v) is 2.93. The number of carbonyl (C=O) groups is 1. The highest BCUT2D eigenvalue weighted by atomic mass is 16.5. The van der Waals surface area contributed by atoms with Crippen LogP contribution in [-0.4, -0.2) is 38.6 Å². The van der Waals surface area contributed by atoms with Crippen molar-refractivity contribution in [2.75, 3.05) is 0 Å². The molecule has 0 unspecified atom stereocenters. The van der Waals surface area contributed by atoms with Crippen LogP contribution in [0.25, 0.3) is 0 Å². The maximum atomic E-state index is 11.4. The number of hydrogen-bond donors (Lipinski definition) is 4. The Morgan fingerprint density at radius 1 is 0.926 bits per heavy atom. The van der Waals surface area contributed by atoms with Gasteiger partial charge in [0.05, 0.1) is 6.10 Å². The van der Waals surface area contributed by atoms with Gasteiger partial charge < -0.3 is 25.2 Å². The zero-order valence-electron chi connectivity index (χ0n) is 15.3. The minimum absolute atomic E-state index is 0.181. The lowest BCUT2D eigenvalue weighted by atomic mass is 9.98. The smallest absolute Gasteiger partial charge is 0.302 e. The number of aromatic hydroxyl groups is 3. The summed E-state index contributed by atoms with van der Waals surface area (Å²) in [5.74, 6) is -0.570. The Morgan fingerprint density at radius 3 is 2.19 bits per heavy atom. The second-order valence-electron chi connectivity index (χ2n) is 6.69. The first-order valence-electron chi connectivity index (χ1n) is 8.97. The lowest BCUT2D eigenvalue weighted by Crippen LogP contribution is -2.24. The second kappa shape index (κ2) is 9.83. The van der Waals surface area contributed by atoms with Crippen LogP contribution in [0.3, 0.4) is 0 Å². The lowest BCUT2D eigenvalue weighted by Gasteiger charge is -2.20. The molecular weight excluding hydrogens is 348 g/mol. The zero-order valence-corrected chi connectivity index (χ0v) is 15.3. The van der Waals surface area contributed by atoms with Gasteiger partial charge in [-0.25, -0.2) is 0 Å². The molecule has 2 aromatic rings. The molecule has 6 nitrogen and oxygen atoms in total. The Morgan fingerprint density at radius 2 is 1.56 bits per heavy atom. The van der Waals surface area contributed by atoms with Crippen molar-refractivity contribution in [3.8, 4) is 17.2 Å². The summed E-state index contributed by atoms with van der Waals surface area (Å²) in [6, 6.07) is 11.4. The lowest BCUT2D eigenvalue weighted by molar-refractivity contribution is -0.148. The van der Waals surface area contributed by atoms with E-state index in [1.54, 1.807) is 18.2 Å². The van der Waals surface area contributed by atoms with E-state index in [2.05, 4.69) is 0 Å². The van der Waals surface area contributed by atoms with E-state index in [1.165, 1.54) is 19.1 Å². The van der Waals surface area contributed by atoms with Crippen molar-refractivity contribution in [3.05, 3.63) is 53.6 Å². The number of phenols is 3. The molecule has 0 bridgehead atoms. The third-order valence-electron chi connectivity index (χ3n) is 4.36. The molecule has 2 rings (SSSR count). The zero-order chi connectivity index (χ0) is 19.8. The van der Waals surface area contributed by atoms with Crippen LogP contribution in [0.2, 0.25) is 0 Å². The van der Waals surface area contributed by atoms with Crippen molar-refractivity contribution in [2.24, 2.45) is 0 Å². The molecule has 2 atom stereocenters. The van der Waals surface area contributed by atoms with Gasteiger partial charge in [0.1, 0.15) is 11.9 Å². The van der Waals surface area contributed by atoms with E-state index in [1.807, 2.05) is 12.1 Å². The molecule has 0 saturated heterocycles. The van der Waals surface area contributed by atoms with Crippen molar-refractivity contribution in [1.29, 1.82) is 0 Å². The van der Waals surface area contributed by atoms with Crippen LogP contribution in [-0.2, 0) is 22.4 Å². The summed E-state index contributed by atoms with van der Waals surface area (Å²) in [4.78, 5) is 11.4. The molecule has 2 aromatic carbocycles. The third-order valence-corrected chi connectivity index (χ3v) is 4.36. The van der Waals surface area contributed by atoms with E-state index in [-0.39, 0.29) is 17.2 Å². The molecular formula is C21H26O6. The number of carbonyl (C=O) groups excluding carboxylic acids is 1. The summed E-state index contributed by atoms with van der Waals surface area (Å²) >= 11 is 0. The first-order valence-corrected chi connectivity index (χ1v) is 8.97. The van der Waals surface area contributed by atoms with Crippen LogP contribution in [0, 0.1) is 0 Å². The van der Waals surface area contributed by atoms with Gasteiger partial charge in [-0.3, -0.25) is 4.79 Å². The molecule has 0 aliphatic carbocycles. The molecule has 0 radical (unpaired) electrons. The number of aryl methyl sites for hydroxylation is 2. The fraction of sp³-hybridized carbons (Fsp3) is 0.381. The summed E-state index contributed by atoms with van der Waals surface area (Å²) in [6.07, 6.45) is 1.46. The number of ether oxygens (including phenoxy) is 1. The number of rotatable bonds is 9. The van der Waals surface area contributed by atoms with Crippen LogP contribution in [0.15, 0.2) is 42.5 Å². The summed E-state index contributed by atoms with van der Waals surface area (Å²) < 4.78 is 5.32. The molecule has 146 valence electrons. The molecule has 0 aliphatic heterocycles. The first-order chi connectivity index (χ1) is 12.8. The number of benzene rings is 2. The van der Waals surface area contributed by atoms with Crippen LogP contribution in [0.5, 0.6) is 17.2 Å². The molecule has 4 N–H and O–H groups in total. The van der Waals surface area contributed by atoms with E-state index in [4.69, 9.17) is 4.74 Å². The van der Waals surface area contributed by atoms with Crippen molar-refractivity contribution in [2.45, 2.75) is 51.2 Å². The molecule has 0 heterocycles. The second-order valence-corrected chi connectivity index (χ2v) is 6.69. The highest BCUT2D eigenvalue weighted by molar-refractivity contribution is 5.66. The Kier molecular flexibility index (Phi) is 7.49. The predicted molar refractivity (Wildman–Crippen MR) is 101 cm³/mol. The molecule has 27 heavy (non-hydrogen) atoms. The molecule has 0 spiro atoms. The summed E-state index contributed by atoms with van der Waals surface area (Å²) in [5.41, 5.74) is 1.82. The molecule has 0 aliphatic rings. The van der Waals surface area contributed by atoms with Gasteiger partial charge in [-0.15, -0.1) is 0 Å². The van der Waals surface area contributed by atoms with E-state index in [0.29, 0.717) is 32.1 Å². The quantitative estimate of drug-likeness (QED) is 0.397. The first kappa shape index (κ1) is 20.6. The van der Waals surface area contributed by atoms with Crippen LogP contribution in [0.1, 0.15) is 37.3 Å². The van der Waals surface area contributed by atoms with E-state index >= 15 is 0 Å². The van der Waals surface area contributed by atoms with Gasteiger partial charge in [0.25, 0.3) is 0 Å². The Bertz CT molecular complexity index is 741. The van der Waals surface area contributed by atoms with Gasteiger partial charge in [0.15, 0.2) is 11.5 Å². The molecule has 6 heteroatoms. The van der Waals surface area contributed by atoms with Crippen molar-refractivity contribution >= 4 is 5.97 Å². The average molecular weight is 374 g/mol. The van der Waals surface area contributed by atoms with E-state index < -0.39 is 18.2 Å². The summed E-state index contributed by atoms with van der Waals surface area (Å²) in [6.45, 7) is 1.34. The summed E-state index contributed by atoms with van der Waals surface area (Å²) in [5, 5.41) is 38.5. The van der Waals surface area contributed by atoms with Gasteiger partial charge in [-0.05, 0) is 61.1 Å². The highest BCUT2D eigenvalue weighted by Gasteiger charge is 2.18. The van der Waals surface area contributed by atoms with Crippen LogP contribution < -0.4 is 0 Å². The topological polar surface area (TPSA) is 107 Å². The molecule has 0 amide bonds. The predicted octanol–water partition coefficient (Wildman–Crippen LogP) is 3.05.